The van der Waals surface area contributed by atoms with Crippen LogP contribution in [0.2, 0.25) is 5.02 Å². The van der Waals surface area contributed by atoms with Crippen LogP contribution in [0.4, 0.5) is 5.69 Å². The Hall–Kier alpha value is -2.93. The number of esters is 1. The quantitative estimate of drug-likeness (QED) is 0.692. The fourth-order valence-corrected chi connectivity index (χ4v) is 2.42. The summed E-state index contributed by atoms with van der Waals surface area (Å²) in [5.41, 5.74) is 1.84. The van der Waals surface area contributed by atoms with E-state index in [1.54, 1.807) is 12.1 Å². The number of benzene rings is 1. The van der Waals surface area contributed by atoms with Gasteiger partial charge in [-0.1, -0.05) is 37.6 Å². The zero-order chi connectivity index (χ0) is 20.7. The van der Waals surface area contributed by atoms with Gasteiger partial charge in [0.15, 0.2) is 6.10 Å². The molecular formula is C20H22ClN3O4. The van der Waals surface area contributed by atoms with Crippen LogP contribution in [0.5, 0.6) is 0 Å². The lowest BCUT2D eigenvalue weighted by Crippen LogP contribution is -2.36. The normalized spacial score (nSPS) is 11.6. The smallest absolute Gasteiger partial charge is 0.326 e. The molecule has 1 heterocycles. The van der Waals surface area contributed by atoms with Gasteiger partial charge >= 0.3 is 5.97 Å². The van der Waals surface area contributed by atoms with Gasteiger partial charge in [0.25, 0.3) is 11.8 Å². The number of aromatic nitrogens is 1. The molecule has 0 saturated carbocycles. The van der Waals surface area contributed by atoms with Crippen LogP contribution in [0.15, 0.2) is 42.6 Å². The molecule has 0 aliphatic rings. The molecule has 0 radical (unpaired) electrons. The summed E-state index contributed by atoms with van der Waals surface area (Å²) in [5, 5.41) is 5.41. The van der Waals surface area contributed by atoms with E-state index in [2.05, 4.69) is 29.5 Å². The van der Waals surface area contributed by atoms with Gasteiger partial charge in [-0.25, -0.2) is 0 Å². The van der Waals surface area contributed by atoms with Crippen molar-refractivity contribution in [2.45, 2.75) is 32.8 Å². The Kier molecular flexibility index (Phi) is 7.52. The van der Waals surface area contributed by atoms with E-state index in [0.717, 1.165) is 5.56 Å². The van der Waals surface area contributed by atoms with E-state index in [-0.39, 0.29) is 5.69 Å². The molecule has 0 spiro atoms. The molecule has 0 aliphatic heterocycles. The number of amides is 2. The van der Waals surface area contributed by atoms with E-state index in [1.807, 2.05) is 12.1 Å². The predicted molar refractivity (Wildman–Crippen MR) is 106 cm³/mol. The van der Waals surface area contributed by atoms with Crippen LogP contribution in [0.25, 0.3) is 0 Å². The van der Waals surface area contributed by atoms with Crippen molar-refractivity contribution in [1.82, 2.24) is 10.3 Å². The number of carbonyl (C=O) groups is 3. The van der Waals surface area contributed by atoms with Crippen LogP contribution in [0.3, 0.4) is 0 Å². The number of carbonyl (C=O) groups excluding carboxylic acids is 3. The van der Waals surface area contributed by atoms with Gasteiger partial charge < -0.3 is 15.4 Å². The molecule has 1 aromatic heterocycles. The fourth-order valence-electron chi connectivity index (χ4n) is 2.26. The molecule has 0 fully saturated rings. The standard InChI is InChI=1S/C20H22ClN3O4/c1-12(2)14-4-6-16(7-5-14)24-19(26)13(3)28-18(25)11-23-20(27)17-10-15(21)8-9-22-17/h4-10,12-13H,11H2,1-3H3,(H,23,27)(H,24,26)/t13-/m0/s1. The molecule has 0 aliphatic carbocycles. The molecule has 2 N–H and O–H groups in total. The van der Waals surface area contributed by atoms with Crippen molar-refractivity contribution >= 4 is 35.1 Å². The Morgan fingerprint density at radius 3 is 2.39 bits per heavy atom. The molecule has 2 rings (SSSR count). The minimum absolute atomic E-state index is 0.0796. The maximum Gasteiger partial charge on any atom is 0.326 e. The van der Waals surface area contributed by atoms with Crippen molar-refractivity contribution in [1.29, 1.82) is 0 Å². The van der Waals surface area contributed by atoms with Gasteiger partial charge in [0.2, 0.25) is 0 Å². The van der Waals surface area contributed by atoms with Gasteiger partial charge in [-0.2, -0.15) is 0 Å². The minimum atomic E-state index is -1.02. The lowest BCUT2D eigenvalue weighted by atomic mass is 10.0. The summed E-state index contributed by atoms with van der Waals surface area (Å²) >= 11 is 5.79. The number of hydrogen-bond donors (Lipinski definition) is 2. The first-order chi connectivity index (χ1) is 13.3. The van der Waals surface area contributed by atoms with Gasteiger partial charge in [0.1, 0.15) is 12.2 Å². The van der Waals surface area contributed by atoms with E-state index >= 15 is 0 Å². The Balaban J connectivity index is 1.80. The minimum Gasteiger partial charge on any atom is -0.451 e. The summed E-state index contributed by atoms with van der Waals surface area (Å²) in [6, 6.07) is 10.3. The number of ether oxygens (including phenoxy) is 1. The second-order valence-electron chi connectivity index (χ2n) is 6.44. The van der Waals surface area contributed by atoms with Gasteiger partial charge in [-0.3, -0.25) is 19.4 Å². The summed E-state index contributed by atoms with van der Waals surface area (Å²) in [6.07, 6.45) is 0.369. The zero-order valence-corrected chi connectivity index (χ0v) is 16.6. The highest BCUT2D eigenvalue weighted by molar-refractivity contribution is 6.30. The van der Waals surface area contributed by atoms with E-state index < -0.39 is 30.4 Å². The average Bonchev–Trinajstić information content (AvgIpc) is 2.66. The third-order valence-electron chi connectivity index (χ3n) is 3.87. The largest absolute Gasteiger partial charge is 0.451 e. The van der Waals surface area contributed by atoms with Crippen molar-refractivity contribution in [2.24, 2.45) is 0 Å². The Labute approximate surface area is 168 Å². The molecule has 28 heavy (non-hydrogen) atoms. The molecule has 1 aromatic carbocycles. The average molecular weight is 404 g/mol. The summed E-state index contributed by atoms with van der Waals surface area (Å²) < 4.78 is 5.04. The zero-order valence-electron chi connectivity index (χ0n) is 15.9. The predicted octanol–water partition coefficient (Wildman–Crippen LogP) is 3.16. The van der Waals surface area contributed by atoms with Gasteiger partial charge in [-0.15, -0.1) is 0 Å². The van der Waals surface area contributed by atoms with E-state index in [9.17, 15) is 14.4 Å². The lowest BCUT2D eigenvalue weighted by Gasteiger charge is -2.14. The number of nitrogens with zero attached hydrogens (tertiary/aromatic N) is 1. The number of anilines is 1. The van der Waals surface area contributed by atoms with Crippen molar-refractivity contribution in [3.63, 3.8) is 0 Å². The van der Waals surface area contributed by atoms with Crippen LogP contribution in [-0.4, -0.2) is 35.4 Å². The van der Waals surface area contributed by atoms with E-state index in [4.69, 9.17) is 16.3 Å². The van der Waals surface area contributed by atoms with Crippen LogP contribution < -0.4 is 10.6 Å². The third-order valence-corrected chi connectivity index (χ3v) is 4.11. The number of hydrogen-bond acceptors (Lipinski definition) is 5. The number of halogens is 1. The second kappa shape index (κ2) is 9.85. The molecule has 2 amide bonds. The van der Waals surface area contributed by atoms with Gasteiger partial charge in [0, 0.05) is 16.9 Å². The molecule has 0 unspecified atom stereocenters. The number of rotatable bonds is 7. The van der Waals surface area contributed by atoms with Gasteiger partial charge in [-0.05, 0) is 42.7 Å². The summed E-state index contributed by atoms with van der Waals surface area (Å²) in [6.45, 7) is 5.22. The second-order valence-corrected chi connectivity index (χ2v) is 6.88. The molecular weight excluding hydrogens is 382 g/mol. The molecule has 0 bridgehead atoms. The monoisotopic (exact) mass is 403 g/mol. The summed E-state index contributed by atoms with van der Waals surface area (Å²) in [4.78, 5) is 39.8. The highest BCUT2D eigenvalue weighted by atomic mass is 35.5. The Morgan fingerprint density at radius 2 is 1.79 bits per heavy atom. The molecule has 148 valence electrons. The molecule has 7 nitrogen and oxygen atoms in total. The first kappa shape index (κ1) is 21.4. The van der Waals surface area contributed by atoms with E-state index in [1.165, 1.54) is 25.3 Å². The van der Waals surface area contributed by atoms with Gasteiger partial charge in [0.05, 0.1) is 0 Å². The highest BCUT2D eigenvalue weighted by Gasteiger charge is 2.19. The van der Waals surface area contributed by atoms with Crippen molar-refractivity contribution in [2.75, 3.05) is 11.9 Å². The maximum atomic E-state index is 12.2. The van der Waals surface area contributed by atoms with Crippen LogP contribution in [0, 0.1) is 0 Å². The van der Waals surface area contributed by atoms with Crippen LogP contribution in [-0.2, 0) is 14.3 Å². The molecule has 1 atom stereocenters. The molecule has 0 saturated heterocycles. The number of nitrogens with one attached hydrogen (secondary N) is 2. The highest BCUT2D eigenvalue weighted by Crippen LogP contribution is 2.17. The van der Waals surface area contributed by atoms with Crippen molar-refractivity contribution < 1.29 is 19.1 Å². The van der Waals surface area contributed by atoms with Crippen LogP contribution in [0.1, 0.15) is 42.7 Å². The first-order valence-corrected chi connectivity index (χ1v) is 9.14. The Bertz CT molecular complexity index is 853. The topological polar surface area (TPSA) is 97.4 Å². The summed E-state index contributed by atoms with van der Waals surface area (Å²) in [5.74, 6) is -1.38. The van der Waals surface area contributed by atoms with Crippen molar-refractivity contribution in [3.05, 3.63) is 58.9 Å². The first-order valence-electron chi connectivity index (χ1n) is 8.76. The fraction of sp³-hybridized carbons (Fsp3) is 0.300. The van der Waals surface area contributed by atoms with Crippen LogP contribution >= 0.6 is 11.6 Å². The third kappa shape index (κ3) is 6.35. The van der Waals surface area contributed by atoms with Crippen molar-refractivity contribution in [3.8, 4) is 0 Å². The number of pyridine rings is 1. The Morgan fingerprint density at radius 1 is 1.11 bits per heavy atom. The van der Waals surface area contributed by atoms with E-state index in [0.29, 0.717) is 16.6 Å². The molecule has 8 heteroatoms. The lowest BCUT2D eigenvalue weighted by molar-refractivity contribution is -0.152. The molecule has 2 aromatic rings. The summed E-state index contributed by atoms with van der Waals surface area (Å²) in [7, 11) is 0. The SMILES string of the molecule is CC(C)c1ccc(NC(=O)[C@H](C)OC(=O)CNC(=O)c2cc(Cl)ccn2)cc1. The maximum absolute atomic E-state index is 12.2.